The fraction of sp³-hybridized carbons (Fsp3) is 0.149. The van der Waals surface area contributed by atoms with E-state index in [1.807, 2.05) is 146 Å². The summed E-state index contributed by atoms with van der Waals surface area (Å²) < 4.78 is 75.2. The van der Waals surface area contributed by atoms with Gasteiger partial charge in [-0.25, -0.2) is 13.2 Å². The number of methoxy groups -OCH3 is 7. The summed E-state index contributed by atoms with van der Waals surface area (Å²) in [6.07, 6.45) is 1.24. The summed E-state index contributed by atoms with van der Waals surface area (Å²) in [5.74, 6) is -1.49. The number of aliphatic carboxylic acids is 2. The molecule has 4 radical (unpaired) electrons. The molecule has 0 fully saturated rings. The molecule has 12 rings (SSSR count). The Morgan fingerprint density at radius 2 is 0.585 bits per heavy atom. The molecule has 0 unspecified atom stereocenters. The van der Waals surface area contributed by atoms with Crippen molar-refractivity contribution >= 4 is 173 Å². The van der Waals surface area contributed by atoms with Gasteiger partial charge in [0.2, 0.25) is 0 Å². The molecule has 684 valence electrons. The maximum absolute atomic E-state index is 13.6. The Labute approximate surface area is 914 Å². The van der Waals surface area contributed by atoms with Gasteiger partial charge < -0.3 is 94.7 Å². The van der Waals surface area contributed by atoms with Crippen LogP contribution in [0.5, 0.6) is 17.2 Å². The first kappa shape index (κ1) is 142. The van der Waals surface area contributed by atoms with Crippen molar-refractivity contribution in [3.05, 3.63) is 351 Å². The van der Waals surface area contributed by atoms with Crippen LogP contribution in [-0.2, 0) is 106 Å². The Balaban J connectivity index is -0.000000224. The zero-order valence-corrected chi connectivity index (χ0v) is 87.4. The molecule has 0 spiro atoms. The van der Waals surface area contributed by atoms with E-state index in [1.54, 1.807) is 123 Å². The summed E-state index contributed by atoms with van der Waals surface area (Å²) in [6, 6.07) is 85.5. The Bertz CT molecular complexity index is 5200. The number of hydrogen-bond acceptors (Lipinski definition) is 25. The normalized spacial score (nSPS) is 8.84. The van der Waals surface area contributed by atoms with Crippen LogP contribution in [-0.4, -0.2) is 222 Å². The molecular formula is C94H96B3Br2F3Li2Na4O27. The van der Waals surface area contributed by atoms with Crippen molar-refractivity contribution in [3.63, 3.8) is 0 Å². The summed E-state index contributed by atoms with van der Waals surface area (Å²) in [5, 5.41) is 68.7. The van der Waals surface area contributed by atoms with Gasteiger partial charge in [0.05, 0.1) is 88.3 Å². The summed E-state index contributed by atoms with van der Waals surface area (Å²) >= 11 is 6.63. The largest absolute Gasteiger partial charge is 1.00 e. The van der Waals surface area contributed by atoms with E-state index in [-0.39, 0.29) is 256 Å². The number of ether oxygens (including phenoxy) is 7. The first-order valence-corrected chi connectivity index (χ1v) is 38.5. The predicted molar refractivity (Wildman–Crippen MR) is 497 cm³/mol. The minimum atomic E-state index is -1.72. The van der Waals surface area contributed by atoms with Crippen LogP contribution in [0.1, 0.15) is 40.8 Å². The zero-order valence-electron chi connectivity index (χ0n) is 76.2. The topological polar surface area (TPSA) is 447 Å². The summed E-state index contributed by atoms with van der Waals surface area (Å²) in [7, 11) is 7.20. The molecule has 12 aromatic carbocycles. The number of benzene rings is 12. The van der Waals surface area contributed by atoms with Gasteiger partial charge in [0.15, 0.2) is 0 Å². The van der Waals surface area contributed by atoms with Gasteiger partial charge in [0.1, 0.15) is 34.7 Å². The third kappa shape index (κ3) is 60.2. The minimum Gasteiger partial charge on any atom is -0.870 e. The quantitative estimate of drug-likeness (QED) is 0.0116. The molecule has 0 bridgehead atoms. The van der Waals surface area contributed by atoms with E-state index in [0.717, 1.165) is 81.6 Å². The molecule has 0 aliphatic carbocycles. The fourth-order valence-corrected chi connectivity index (χ4v) is 10.8. The third-order valence-electron chi connectivity index (χ3n) is 16.5. The monoisotopic (exact) mass is 2010 g/mol. The predicted octanol–water partition coefficient (Wildman–Crippen LogP) is -0.637. The van der Waals surface area contributed by atoms with Crippen LogP contribution >= 0.6 is 31.9 Å². The van der Waals surface area contributed by atoms with Crippen molar-refractivity contribution in [2.24, 2.45) is 0 Å². The standard InChI is InChI=1S/C16H16O3.C15H13FO2.C15H14O3.C14H11FO2.2C9H9BrO2.C7H9BO3.C6H6BFO2.2CH2O3.CH4.BH.2Li.4Na.2H2O/c1-18-15-5-3-4-14(11-15)13-8-6-12(7-9-13)10-16(17)19-2;1-18-15(17)10-11-6-8-12(9-7-11)13-4-2-3-5-14(13)16;1-18-14-4-2-3-13(10-14)12-7-5-11(6-8-12)9-15(16)17;15-13-4-2-1-3-12(13)11-7-5-10(6-8-11)9-14(16)17;2*1-12-9(11)6-7-2-4-8(10)5-3-7;1-11-7-4-2-3-6(5-7)8(9)10;8-6-4-2-1-3-5(6)7(9)10;2*2-1-4-3;;;;;;;;;;/h3-9,11H,10H2,1-2H3;2-9H,10H2,1H3;2-8,10H,9H2,1H3,(H,16,17);1-8H,9H2,(H,16,17);2*2-5H,6H2,1H3;2-5,9-10H,1H3;1-4,9-10H;2*1,3H;1H4;1H;;;;;;;2*1H2/q;;;;;;;;;;;;2*+1;;;2*+1;;/p-4. The van der Waals surface area contributed by atoms with E-state index >= 15 is 0 Å². The molecule has 0 saturated carbocycles. The fourth-order valence-electron chi connectivity index (χ4n) is 10.2. The van der Waals surface area contributed by atoms with Gasteiger partial charge in [-0.1, -0.05) is 252 Å². The second-order valence-corrected chi connectivity index (χ2v) is 26.9. The van der Waals surface area contributed by atoms with E-state index in [1.165, 1.54) is 71.9 Å². The molecule has 0 aliphatic heterocycles. The van der Waals surface area contributed by atoms with Crippen LogP contribution in [0.15, 0.2) is 300 Å². The van der Waals surface area contributed by atoms with E-state index in [9.17, 15) is 41.9 Å². The molecule has 41 heteroatoms. The Morgan fingerprint density at radius 1 is 0.341 bits per heavy atom. The first-order valence-electron chi connectivity index (χ1n) is 36.9. The molecule has 0 atom stereocenters. The maximum Gasteiger partial charge on any atom is 1.00 e. The average molecular weight is 2010 g/mol. The molecule has 27 nitrogen and oxygen atoms in total. The van der Waals surface area contributed by atoms with Crippen LogP contribution in [0.3, 0.4) is 0 Å². The summed E-state index contributed by atoms with van der Waals surface area (Å²) in [5.41, 5.74) is 12.5. The van der Waals surface area contributed by atoms with Crippen molar-refractivity contribution in [2.75, 3.05) is 49.8 Å². The minimum absolute atomic E-state index is 0. The van der Waals surface area contributed by atoms with Crippen molar-refractivity contribution in [1.82, 2.24) is 0 Å². The van der Waals surface area contributed by atoms with Crippen molar-refractivity contribution in [2.45, 2.75) is 46.0 Å². The van der Waals surface area contributed by atoms with Crippen molar-refractivity contribution in [3.8, 4) is 61.8 Å². The number of rotatable bonds is 23. The molecule has 0 aliphatic rings. The van der Waals surface area contributed by atoms with E-state index in [4.69, 9.17) is 64.6 Å². The number of halogens is 5. The van der Waals surface area contributed by atoms with Gasteiger partial charge in [-0.3, -0.25) is 38.4 Å². The molecule has 0 saturated heterocycles. The van der Waals surface area contributed by atoms with E-state index in [0.29, 0.717) is 47.2 Å². The van der Waals surface area contributed by atoms with E-state index in [2.05, 4.69) is 60.6 Å². The van der Waals surface area contributed by atoms with Gasteiger partial charge >= 0.3 is 147 Å². The third-order valence-corrected chi connectivity index (χ3v) is 17.5. The Morgan fingerprint density at radius 3 is 0.822 bits per heavy atom. The number of hydrogen-bond donors (Lipinski definition) is 6. The van der Waals surface area contributed by atoms with Gasteiger partial charge in [-0.05, 0) is 151 Å². The zero-order chi connectivity index (χ0) is 92.4. The molecule has 0 heterocycles. The average Bonchev–Trinajstić information content (AvgIpc) is 0.849. The number of esters is 4. The molecule has 8 N–H and O–H groups in total. The molecular weight excluding hydrogens is 1920 g/mol. The first-order chi connectivity index (χ1) is 60.0. The molecule has 0 aromatic heterocycles. The smallest absolute Gasteiger partial charge is 0.870 e. The van der Waals surface area contributed by atoms with Crippen molar-refractivity contribution < 1.29 is 243 Å². The van der Waals surface area contributed by atoms with E-state index < -0.39 is 32.0 Å². The second-order valence-electron chi connectivity index (χ2n) is 25.0. The number of carbonyl (C=O) groups is 8. The number of carbonyl (C=O) groups excluding carboxylic acids is 6. The second kappa shape index (κ2) is 83.8. The SMILES string of the molecule is C.COC(=O)Cc1ccc(-c2cccc(OC)c2)cc1.COC(=O)Cc1ccc(-c2ccccc2F)cc1.COC(=O)Cc1ccc(Br)cc1.COC(=O)Cc1ccc(Br)cc1.COc1cccc(-c2ccc(CC(=O)O)cc2)c1.COc1cccc(B(O)O)c1.O=C(O)Cc1ccc(-c2ccccc2F)cc1.O=CO[O-].O=CO[O-].OB(O)c1ccccc1F.[BH].[Li+].[Li+].[Na+].[Na+].[Na].[Na].[OH-].[OH-]. The summed E-state index contributed by atoms with van der Waals surface area (Å²) in [6.45, 7) is -0.361. The van der Waals surface area contributed by atoms with Crippen LogP contribution < -0.4 is 132 Å². The number of carboxylic acid groups (broad SMARTS) is 2. The Kier molecular flexibility index (Phi) is 88.1. The molecule has 12 aromatic rings. The van der Waals surface area contributed by atoms with Crippen LogP contribution in [0.4, 0.5) is 13.2 Å². The molecule has 135 heavy (non-hydrogen) atoms. The summed E-state index contributed by atoms with van der Waals surface area (Å²) in [4.78, 5) is 87.6. The number of carboxylic acids is 2. The van der Waals surface area contributed by atoms with Gasteiger partial charge in [0, 0.05) is 93.1 Å². The Hall–Kier alpha value is -8.38. The van der Waals surface area contributed by atoms with Gasteiger partial charge in [-0.15, -0.1) is 0 Å². The van der Waals surface area contributed by atoms with Gasteiger partial charge in [-0.2, -0.15) is 0 Å². The maximum atomic E-state index is 13.6. The van der Waals surface area contributed by atoms with Crippen LogP contribution in [0.25, 0.3) is 44.5 Å². The van der Waals surface area contributed by atoms with Gasteiger partial charge in [0.25, 0.3) is 12.9 Å². The van der Waals surface area contributed by atoms with Crippen LogP contribution in [0, 0.1) is 17.5 Å². The van der Waals surface area contributed by atoms with Crippen molar-refractivity contribution in [1.29, 1.82) is 0 Å². The van der Waals surface area contributed by atoms with Crippen LogP contribution in [0.2, 0.25) is 0 Å². The molecule has 0 amide bonds.